The largest absolute Gasteiger partial charge is 0.466 e. The first-order valence-corrected chi connectivity index (χ1v) is 6.13. The third-order valence-corrected chi connectivity index (χ3v) is 2.31. The molecular weight excluding hydrogens is 190 g/mol. The molecule has 0 aromatic heterocycles. The highest BCUT2D eigenvalue weighted by atomic mass is 16.5. The van der Waals surface area contributed by atoms with Crippen molar-refractivity contribution in [3.63, 3.8) is 0 Å². The number of carbonyl (C=O) groups excluding carboxylic acids is 1. The molecule has 0 aliphatic carbocycles. The second kappa shape index (κ2) is 9.97. The van der Waals surface area contributed by atoms with Crippen molar-refractivity contribution in [3.05, 3.63) is 0 Å². The summed E-state index contributed by atoms with van der Waals surface area (Å²) in [5.41, 5.74) is 0. The van der Waals surface area contributed by atoms with Gasteiger partial charge in [0.2, 0.25) is 0 Å². The van der Waals surface area contributed by atoms with E-state index in [1.807, 2.05) is 6.92 Å². The summed E-state index contributed by atoms with van der Waals surface area (Å²) in [6, 6.07) is 0.295. The number of ether oxygens (including phenoxy) is 1. The van der Waals surface area contributed by atoms with E-state index >= 15 is 0 Å². The Kier molecular flexibility index (Phi) is 9.59. The molecular formula is C12H25NO2. The molecule has 0 aromatic rings. The van der Waals surface area contributed by atoms with Crippen molar-refractivity contribution in [2.45, 2.75) is 58.9 Å². The summed E-state index contributed by atoms with van der Waals surface area (Å²) in [6.45, 7) is 7.61. The number of unbranched alkanes of at least 4 members (excludes halogenated alkanes) is 1. The van der Waals surface area contributed by atoms with E-state index in [4.69, 9.17) is 4.74 Å². The predicted octanol–water partition coefficient (Wildman–Crippen LogP) is 2.50. The maximum Gasteiger partial charge on any atom is 0.307 e. The molecule has 0 heterocycles. The second-order valence-corrected chi connectivity index (χ2v) is 3.80. The van der Waals surface area contributed by atoms with E-state index in [0.717, 1.165) is 19.4 Å². The van der Waals surface area contributed by atoms with Gasteiger partial charge < -0.3 is 10.1 Å². The monoisotopic (exact) mass is 215 g/mol. The Bertz CT molecular complexity index is 152. The summed E-state index contributed by atoms with van der Waals surface area (Å²) in [7, 11) is 0. The van der Waals surface area contributed by atoms with Crippen LogP contribution in [-0.2, 0) is 9.53 Å². The molecule has 0 saturated carbocycles. The number of rotatable bonds is 9. The molecule has 1 unspecified atom stereocenters. The standard InChI is InChI=1S/C12H25NO2/c1-4-7-8-11(13-9-5-2)10-12(14)15-6-3/h11,13H,4-10H2,1-3H3. The van der Waals surface area contributed by atoms with E-state index in [1.165, 1.54) is 12.8 Å². The third-order valence-electron chi connectivity index (χ3n) is 2.31. The summed E-state index contributed by atoms with van der Waals surface area (Å²) >= 11 is 0. The van der Waals surface area contributed by atoms with Crippen LogP contribution in [-0.4, -0.2) is 25.2 Å². The topological polar surface area (TPSA) is 38.3 Å². The van der Waals surface area contributed by atoms with Crippen molar-refractivity contribution in [3.8, 4) is 0 Å². The van der Waals surface area contributed by atoms with E-state index in [-0.39, 0.29) is 5.97 Å². The molecule has 90 valence electrons. The Morgan fingerprint density at radius 1 is 1.27 bits per heavy atom. The van der Waals surface area contributed by atoms with Gasteiger partial charge in [0.25, 0.3) is 0 Å². The zero-order valence-electron chi connectivity index (χ0n) is 10.3. The molecule has 0 spiro atoms. The highest BCUT2D eigenvalue weighted by Gasteiger charge is 2.12. The highest BCUT2D eigenvalue weighted by molar-refractivity contribution is 5.70. The van der Waals surface area contributed by atoms with E-state index in [1.54, 1.807) is 0 Å². The highest BCUT2D eigenvalue weighted by Crippen LogP contribution is 2.05. The van der Waals surface area contributed by atoms with Crippen LogP contribution >= 0.6 is 0 Å². The molecule has 0 amide bonds. The van der Waals surface area contributed by atoms with Gasteiger partial charge in [-0.2, -0.15) is 0 Å². The van der Waals surface area contributed by atoms with Crippen LogP contribution in [0.4, 0.5) is 0 Å². The average molecular weight is 215 g/mol. The molecule has 0 aliphatic rings. The Labute approximate surface area is 93.6 Å². The Hall–Kier alpha value is -0.570. The van der Waals surface area contributed by atoms with Crippen LogP contribution in [0.15, 0.2) is 0 Å². The van der Waals surface area contributed by atoms with E-state index in [9.17, 15) is 4.79 Å². The van der Waals surface area contributed by atoms with Crippen LogP contribution < -0.4 is 5.32 Å². The van der Waals surface area contributed by atoms with Crippen molar-refractivity contribution in [2.24, 2.45) is 0 Å². The molecule has 0 bridgehead atoms. The van der Waals surface area contributed by atoms with Crippen LogP contribution in [0.2, 0.25) is 0 Å². The lowest BCUT2D eigenvalue weighted by atomic mass is 10.1. The van der Waals surface area contributed by atoms with Crippen LogP contribution in [0.25, 0.3) is 0 Å². The van der Waals surface area contributed by atoms with Crippen molar-refractivity contribution >= 4 is 5.97 Å². The molecule has 0 rings (SSSR count). The molecule has 0 aliphatic heterocycles. The summed E-state index contributed by atoms with van der Waals surface area (Å²) in [4.78, 5) is 11.3. The number of carbonyl (C=O) groups is 1. The number of hydrogen-bond acceptors (Lipinski definition) is 3. The lowest BCUT2D eigenvalue weighted by Crippen LogP contribution is -2.32. The zero-order chi connectivity index (χ0) is 11.5. The molecule has 3 nitrogen and oxygen atoms in total. The van der Waals surface area contributed by atoms with Gasteiger partial charge in [-0.15, -0.1) is 0 Å². The van der Waals surface area contributed by atoms with Gasteiger partial charge in [0, 0.05) is 6.04 Å². The van der Waals surface area contributed by atoms with Gasteiger partial charge in [-0.3, -0.25) is 4.79 Å². The van der Waals surface area contributed by atoms with Gasteiger partial charge in [-0.1, -0.05) is 26.7 Å². The minimum Gasteiger partial charge on any atom is -0.466 e. The van der Waals surface area contributed by atoms with Crippen molar-refractivity contribution in [1.82, 2.24) is 5.32 Å². The summed E-state index contributed by atoms with van der Waals surface area (Å²) in [5.74, 6) is -0.0813. The molecule has 1 atom stereocenters. The van der Waals surface area contributed by atoms with Crippen molar-refractivity contribution in [2.75, 3.05) is 13.2 Å². The first kappa shape index (κ1) is 14.4. The lowest BCUT2D eigenvalue weighted by Gasteiger charge is -2.17. The predicted molar refractivity (Wildman–Crippen MR) is 62.9 cm³/mol. The molecule has 1 N–H and O–H groups in total. The van der Waals surface area contributed by atoms with Gasteiger partial charge in [-0.05, 0) is 26.3 Å². The Morgan fingerprint density at radius 3 is 2.53 bits per heavy atom. The van der Waals surface area contributed by atoms with Gasteiger partial charge in [0.1, 0.15) is 0 Å². The van der Waals surface area contributed by atoms with Crippen molar-refractivity contribution < 1.29 is 9.53 Å². The van der Waals surface area contributed by atoms with Gasteiger partial charge >= 0.3 is 5.97 Å². The molecule has 0 radical (unpaired) electrons. The summed E-state index contributed by atoms with van der Waals surface area (Å²) in [5, 5.41) is 3.39. The zero-order valence-corrected chi connectivity index (χ0v) is 10.3. The molecule has 0 saturated heterocycles. The maximum atomic E-state index is 11.3. The molecule has 15 heavy (non-hydrogen) atoms. The SMILES string of the molecule is CCCCC(CC(=O)OCC)NCCC. The summed E-state index contributed by atoms with van der Waals surface area (Å²) < 4.78 is 4.95. The van der Waals surface area contributed by atoms with Crippen LogP contribution in [0.1, 0.15) is 52.9 Å². The molecule has 0 aromatic carbocycles. The normalized spacial score (nSPS) is 12.5. The number of nitrogens with one attached hydrogen (secondary N) is 1. The second-order valence-electron chi connectivity index (χ2n) is 3.80. The van der Waals surface area contributed by atoms with Gasteiger partial charge in [0.05, 0.1) is 13.0 Å². The van der Waals surface area contributed by atoms with E-state index < -0.39 is 0 Å². The quantitative estimate of drug-likeness (QED) is 0.601. The fourth-order valence-corrected chi connectivity index (χ4v) is 1.50. The number of esters is 1. The average Bonchev–Trinajstić information content (AvgIpc) is 2.22. The van der Waals surface area contributed by atoms with E-state index in [2.05, 4.69) is 19.2 Å². The van der Waals surface area contributed by atoms with Crippen molar-refractivity contribution in [1.29, 1.82) is 0 Å². The minimum absolute atomic E-state index is 0.0813. The molecule has 3 heteroatoms. The van der Waals surface area contributed by atoms with Crippen LogP contribution in [0.3, 0.4) is 0 Å². The van der Waals surface area contributed by atoms with Crippen LogP contribution in [0, 0.1) is 0 Å². The van der Waals surface area contributed by atoms with Gasteiger partial charge in [0.15, 0.2) is 0 Å². The van der Waals surface area contributed by atoms with Gasteiger partial charge in [-0.25, -0.2) is 0 Å². The Balaban J connectivity index is 3.82. The van der Waals surface area contributed by atoms with E-state index in [0.29, 0.717) is 19.1 Å². The summed E-state index contributed by atoms with van der Waals surface area (Å²) in [6.07, 6.45) is 5.02. The van der Waals surface area contributed by atoms with Crippen LogP contribution in [0.5, 0.6) is 0 Å². The maximum absolute atomic E-state index is 11.3. The fourth-order valence-electron chi connectivity index (χ4n) is 1.50. The molecule has 0 fully saturated rings. The number of hydrogen-bond donors (Lipinski definition) is 1. The first-order valence-electron chi connectivity index (χ1n) is 6.13. The Morgan fingerprint density at radius 2 is 2.00 bits per heavy atom. The minimum atomic E-state index is -0.0813. The third kappa shape index (κ3) is 8.43. The first-order chi connectivity index (χ1) is 7.24. The smallest absolute Gasteiger partial charge is 0.307 e. The lowest BCUT2D eigenvalue weighted by molar-refractivity contribution is -0.143. The fraction of sp³-hybridized carbons (Fsp3) is 0.917.